The summed E-state index contributed by atoms with van der Waals surface area (Å²) in [6.45, 7) is 6.77. The van der Waals surface area contributed by atoms with Crippen molar-refractivity contribution < 1.29 is 4.39 Å². The predicted octanol–water partition coefficient (Wildman–Crippen LogP) is 4.00. The number of nitrogens with one attached hydrogen (secondary N) is 1. The molecule has 1 unspecified atom stereocenters. The monoisotopic (exact) mass is 286 g/mol. The Bertz CT molecular complexity index is 542. The summed E-state index contributed by atoms with van der Waals surface area (Å²) in [6, 6.07) is 17.4. The summed E-state index contributed by atoms with van der Waals surface area (Å²) < 4.78 is 13.4. The van der Waals surface area contributed by atoms with Gasteiger partial charge in [-0.25, -0.2) is 4.39 Å². The first-order chi connectivity index (χ1) is 10.2. The molecule has 2 nitrogen and oxygen atoms in total. The number of nitrogens with zero attached hydrogens (tertiary/aromatic N) is 1. The molecular formula is C18H23FN2. The molecule has 21 heavy (non-hydrogen) atoms. The summed E-state index contributed by atoms with van der Waals surface area (Å²) in [5.41, 5.74) is 2.19. The Morgan fingerprint density at radius 3 is 2.43 bits per heavy atom. The van der Waals surface area contributed by atoms with E-state index in [1.54, 1.807) is 12.1 Å². The van der Waals surface area contributed by atoms with Gasteiger partial charge < -0.3 is 10.2 Å². The van der Waals surface area contributed by atoms with Gasteiger partial charge in [0.15, 0.2) is 0 Å². The van der Waals surface area contributed by atoms with Gasteiger partial charge in [0.25, 0.3) is 0 Å². The van der Waals surface area contributed by atoms with Gasteiger partial charge >= 0.3 is 0 Å². The number of halogens is 1. The second kappa shape index (κ2) is 7.79. The second-order valence-corrected chi connectivity index (χ2v) is 5.04. The molecule has 0 saturated carbocycles. The van der Waals surface area contributed by atoms with Crippen LogP contribution in [0.4, 0.5) is 10.1 Å². The Morgan fingerprint density at radius 2 is 1.81 bits per heavy atom. The molecule has 0 aliphatic carbocycles. The van der Waals surface area contributed by atoms with Crippen molar-refractivity contribution in [1.29, 1.82) is 0 Å². The minimum absolute atomic E-state index is 0.189. The van der Waals surface area contributed by atoms with Crippen LogP contribution in [-0.2, 0) is 0 Å². The lowest BCUT2D eigenvalue weighted by Gasteiger charge is -2.29. The van der Waals surface area contributed by atoms with Gasteiger partial charge in [0.2, 0.25) is 0 Å². The number of likely N-dealkylation sites (N-methyl/N-ethyl adjacent to an activating group) is 2. The van der Waals surface area contributed by atoms with E-state index in [0.29, 0.717) is 0 Å². The van der Waals surface area contributed by atoms with Gasteiger partial charge in [0.1, 0.15) is 5.82 Å². The average molecular weight is 286 g/mol. The molecule has 1 atom stereocenters. The minimum atomic E-state index is -0.189. The van der Waals surface area contributed by atoms with Crippen LogP contribution in [0.3, 0.4) is 0 Å². The van der Waals surface area contributed by atoms with Crippen LogP contribution >= 0.6 is 0 Å². The molecule has 2 rings (SSSR count). The summed E-state index contributed by atoms with van der Waals surface area (Å²) in [6.07, 6.45) is 0. The molecule has 2 aromatic rings. The molecule has 0 heterocycles. The van der Waals surface area contributed by atoms with Crippen molar-refractivity contribution >= 4 is 5.69 Å². The van der Waals surface area contributed by atoms with Gasteiger partial charge in [0, 0.05) is 24.8 Å². The van der Waals surface area contributed by atoms with E-state index >= 15 is 0 Å². The third-order valence-electron chi connectivity index (χ3n) is 3.61. The molecule has 2 aromatic carbocycles. The van der Waals surface area contributed by atoms with E-state index in [4.69, 9.17) is 0 Å². The quantitative estimate of drug-likeness (QED) is 0.827. The van der Waals surface area contributed by atoms with Gasteiger partial charge in [-0.3, -0.25) is 0 Å². The highest BCUT2D eigenvalue weighted by atomic mass is 19.1. The van der Waals surface area contributed by atoms with Crippen LogP contribution < -0.4 is 10.2 Å². The van der Waals surface area contributed by atoms with Gasteiger partial charge in [-0.2, -0.15) is 0 Å². The Kier molecular flexibility index (Phi) is 5.76. The first-order valence-corrected chi connectivity index (χ1v) is 7.53. The molecular weight excluding hydrogens is 263 g/mol. The van der Waals surface area contributed by atoms with E-state index < -0.39 is 0 Å². The van der Waals surface area contributed by atoms with E-state index in [1.807, 2.05) is 12.1 Å². The van der Waals surface area contributed by atoms with E-state index in [0.717, 1.165) is 25.3 Å². The summed E-state index contributed by atoms with van der Waals surface area (Å²) in [4.78, 5) is 2.20. The zero-order valence-electron chi connectivity index (χ0n) is 12.7. The molecule has 1 N–H and O–H groups in total. The van der Waals surface area contributed by atoms with E-state index in [1.165, 1.54) is 11.6 Å². The van der Waals surface area contributed by atoms with Gasteiger partial charge in [-0.05, 0) is 37.2 Å². The molecule has 0 radical (unpaired) electrons. The lowest BCUT2D eigenvalue weighted by atomic mass is 10.1. The summed E-state index contributed by atoms with van der Waals surface area (Å²) >= 11 is 0. The molecule has 0 saturated heterocycles. The first-order valence-electron chi connectivity index (χ1n) is 7.53. The fourth-order valence-electron chi connectivity index (χ4n) is 2.53. The number of rotatable bonds is 7. The van der Waals surface area contributed by atoms with Crippen LogP contribution in [-0.4, -0.2) is 19.6 Å². The van der Waals surface area contributed by atoms with Crippen LogP contribution in [0.5, 0.6) is 0 Å². The molecule has 112 valence electrons. The van der Waals surface area contributed by atoms with E-state index in [2.05, 4.69) is 48.3 Å². The second-order valence-electron chi connectivity index (χ2n) is 5.04. The Hall–Kier alpha value is -1.87. The SMILES string of the molecule is CCNC(CN(CC)c1cccc(F)c1)c1ccccc1. The van der Waals surface area contributed by atoms with Crippen molar-refractivity contribution in [2.45, 2.75) is 19.9 Å². The maximum atomic E-state index is 13.4. The van der Waals surface area contributed by atoms with E-state index in [-0.39, 0.29) is 11.9 Å². The van der Waals surface area contributed by atoms with Gasteiger partial charge in [-0.1, -0.05) is 43.3 Å². The van der Waals surface area contributed by atoms with Crippen molar-refractivity contribution in [1.82, 2.24) is 5.32 Å². The van der Waals surface area contributed by atoms with Gasteiger partial charge in [-0.15, -0.1) is 0 Å². The largest absolute Gasteiger partial charge is 0.370 e. The lowest BCUT2D eigenvalue weighted by molar-refractivity contribution is 0.540. The fraction of sp³-hybridized carbons (Fsp3) is 0.333. The molecule has 0 bridgehead atoms. The van der Waals surface area contributed by atoms with Crippen LogP contribution in [0.2, 0.25) is 0 Å². The van der Waals surface area contributed by atoms with Crippen LogP contribution in [0.25, 0.3) is 0 Å². The summed E-state index contributed by atoms with van der Waals surface area (Å²) in [7, 11) is 0. The van der Waals surface area contributed by atoms with Crippen molar-refractivity contribution in [3.63, 3.8) is 0 Å². The average Bonchev–Trinajstić information content (AvgIpc) is 2.52. The highest BCUT2D eigenvalue weighted by molar-refractivity contribution is 5.46. The molecule has 0 fully saturated rings. The maximum Gasteiger partial charge on any atom is 0.125 e. The van der Waals surface area contributed by atoms with Crippen LogP contribution in [0.15, 0.2) is 54.6 Å². The predicted molar refractivity (Wildman–Crippen MR) is 87.1 cm³/mol. The number of hydrogen-bond acceptors (Lipinski definition) is 2. The number of anilines is 1. The molecule has 3 heteroatoms. The van der Waals surface area contributed by atoms with Crippen molar-refractivity contribution in [2.75, 3.05) is 24.5 Å². The normalized spacial score (nSPS) is 12.1. The lowest BCUT2D eigenvalue weighted by Crippen LogP contribution is -2.35. The van der Waals surface area contributed by atoms with Gasteiger partial charge in [0.05, 0.1) is 0 Å². The third kappa shape index (κ3) is 4.30. The van der Waals surface area contributed by atoms with Crippen LogP contribution in [0, 0.1) is 5.82 Å². The first kappa shape index (κ1) is 15.5. The summed E-state index contributed by atoms with van der Waals surface area (Å²) in [5.74, 6) is -0.189. The van der Waals surface area contributed by atoms with Crippen molar-refractivity contribution in [3.8, 4) is 0 Å². The Morgan fingerprint density at radius 1 is 1.05 bits per heavy atom. The molecule has 0 aliphatic rings. The topological polar surface area (TPSA) is 15.3 Å². The number of benzene rings is 2. The smallest absolute Gasteiger partial charge is 0.125 e. The molecule has 0 aliphatic heterocycles. The Balaban J connectivity index is 2.18. The zero-order valence-corrected chi connectivity index (χ0v) is 12.7. The molecule has 0 aromatic heterocycles. The molecule has 0 spiro atoms. The fourth-order valence-corrected chi connectivity index (χ4v) is 2.53. The maximum absolute atomic E-state index is 13.4. The third-order valence-corrected chi connectivity index (χ3v) is 3.61. The summed E-state index contributed by atoms with van der Waals surface area (Å²) in [5, 5.41) is 3.51. The van der Waals surface area contributed by atoms with E-state index in [9.17, 15) is 4.39 Å². The standard InChI is InChI=1S/C18H23FN2/c1-3-20-18(15-9-6-5-7-10-15)14-21(4-2)17-12-8-11-16(19)13-17/h5-13,18,20H,3-4,14H2,1-2H3. The number of hydrogen-bond donors (Lipinski definition) is 1. The highest BCUT2D eigenvalue weighted by Crippen LogP contribution is 2.20. The van der Waals surface area contributed by atoms with Crippen LogP contribution in [0.1, 0.15) is 25.5 Å². The van der Waals surface area contributed by atoms with Crippen molar-refractivity contribution in [3.05, 3.63) is 66.0 Å². The minimum Gasteiger partial charge on any atom is -0.370 e. The Labute approximate surface area is 126 Å². The highest BCUT2D eigenvalue weighted by Gasteiger charge is 2.15. The zero-order chi connectivity index (χ0) is 15.1. The van der Waals surface area contributed by atoms with Crippen molar-refractivity contribution in [2.24, 2.45) is 0 Å². The molecule has 0 amide bonds.